The van der Waals surface area contributed by atoms with Crippen molar-refractivity contribution in [2.75, 3.05) is 0 Å². The van der Waals surface area contributed by atoms with Gasteiger partial charge in [-0.3, -0.25) is 0 Å². The van der Waals surface area contributed by atoms with Crippen molar-refractivity contribution >= 4 is 0 Å². The molecule has 0 bridgehead atoms. The molecule has 1 aliphatic carbocycles. The Morgan fingerprint density at radius 1 is 1.05 bits per heavy atom. The lowest BCUT2D eigenvalue weighted by molar-refractivity contribution is -0.139. The molecule has 0 radical (unpaired) electrons. The Bertz CT molecular complexity index is 493. The molecule has 1 aromatic rings. The minimum absolute atomic E-state index is 0.141. The Balaban J connectivity index is 2.40. The average Bonchev–Trinajstić information content (AvgIpc) is 2.37. The molecule has 0 aromatic heterocycles. The van der Waals surface area contributed by atoms with Crippen molar-refractivity contribution < 1.29 is 18.3 Å². The Morgan fingerprint density at radius 2 is 1.62 bits per heavy atom. The second-order valence-electron chi connectivity index (χ2n) is 6.86. The molecule has 3 atom stereocenters. The SMILES string of the molecule is CC1CCC(C(C)(C)c2ccccc2C(F)(F)F)C(O)C1. The van der Waals surface area contributed by atoms with Crippen LogP contribution in [0, 0.1) is 11.8 Å². The molecule has 2 rings (SSSR count). The minimum Gasteiger partial charge on any atom is -0.393 e. The van der Waals surface area contributed by atoms with Crippen LogP contribution < -0.4 is 0 Å². The number of benzene rings is 1. The topological polar surface area (TPSA) is 20.2 Å². The standard InChI is InChI=1S/C17H23F3O/c1-11-8-9-14(15(21)10-11)16(2,3)12-6-4-5-7-13(12)17(18,19)20/h4-7,11,14-15,21H,8-10H2,1-3H3. The number of hydrogen-bond acceptors (Lipinski definition) is 1. The number of halogens is 3. The van der Waals surface area contributed by atoms with Crippen LogP contribution in [0.4, 0.5) is 13.2 Å². The van der Waals surface area contributed by atoms with Crippen LogP contribution in [0.15, 0.2) is 24.3 Å². The molecule has 1 N–H and O–H groups in total. The summed E-state index contributed by atoms with van der Waals surface area (Å²) >= 11 is 0. The first-order valence-corrected chi connectivity index (χ1v) is 7.48. The lowest BCUT2D eigenvalue weighted by atomic mass is 9.64. The van der Waals surface area contributed by atoms with Crippen molar-refractivity contribution in [2.45, 2.75) is 57.7 Å². The van der Waals surface area contributed by atoms with Gasteiger partial charge in [-0.05, 0) is 41.7 Å². The van der Waals surface area contributed by atoms with Crippen LogP contribution in [-0.4, -0.2) is 11.2 Å². The fraction of sp³-hybridized carbons (Fsp3) is 0.647. The molecule has 0 amide bonds. The molecule has 1 aliphatic rings. The molecule has 0 saturated heterocycles. The first-order chi connectivity index (χ1) is 9.64. The Kier molecular flexibility index (Phi) is 4.39. The van der Waals surface area contributed by atoms with Crippen molar-refractivity contribution in [1.82, 2.24) is 0 Å². The number of aliphatic hydroxyl groups excluding tert-OH is 1. The fourth-order valence-corrected chi connectivity index (χ4v) is 3.68. The third-order valence-electron chi connectivity index (χ3n) is 4.93. The molecule has 0 spiro atoms. The van der Waals surface area contributed by atoms with Crippen LogP contribution in [0.2, 0.25) is 0 Å². The normalized spacial score (nSPS) is 27.7. The predicted octanol–water partition coefficient (Wildman–Crippen LogP) is 4.78. The van der Waals surface area contributed by atoms with E-state index in [1.165, 1.54) is 6.07 Å². The van der Waals surface area contributed by atoms with Gasteiger partial charge in [-0.1, -0.05) is 45.4 Å². The molecule has 1 saturated carbocycles. The van der Waals surface area contributed by atoms with Crippen molar-refractivity contribution in [2.24, 2.45) is 11.8 Å². The van der Waals surface area contributed by atoms with Gasteiger partial charge in [-0.25, -0.2) is 0 Å². The van der Waals surface area contributed by atoms with Crippen LogP contribution in [0.3, 0.4) is 0 Å². The summed E-state index contributed by atoms with van der Waals surface area (Å²) in [6, 6.07) is 5.74. The van der Waals surface area contributed by atoms with E-state index < -0.39 is 23.3 Å². The number of alkyl halides is 3. The molecular formula is C17H23F3O. The largest absolute Gasteiger partial charge is 0.416 e. The first kappa shape index (κ1) is 16.3. The summed E-state index contributed by atoms with van der Waals surface area (Å²) in [5.74, 6) is 0.294. The number of rotatable bonds is 2. The summed E-state index contributed by atoms with van der Waals surface area (Å²) in [5, 5.41) is 10.3. The highest BCUT2D eigenvalue weighted by atomic mass is 19.4. The number of hydrogen-bond donors (Lipinski definition) is 1. The van der Waals surface area contributed by atoms with Gasteiger partial charge in [0.15, 0.2) is 0 Å². The summed E-state index contributed by atoms with van der Waals surface area (Å²) in [6.07, 6.45) is -2.51. The van der Waals surface area contributed by atoms with E-state index in [1.54, 1.807) is 12.1 Å². The molecule has 118 valence electrons. The van der Waals surface area contributed by atoms with Crippen molar-refractivity contribution in [1.29, 1.82) is 0 Å². The van der Waals surface area contributed by atoms with Crippen molar-refractivity contribution in [3.63, 3.8) is 0 Å². The summed E-state index contributed by atoms with van der Waals surface area (Å²) in [4.78, 5) is 0. The zero-order valence-electron chi connectivity index (χ0n) is 12.7. The summed E-state index contributed by atoms with van der Waals surface area (Å²) in [5.41, 5.74) is -0.997. The van der Waals surface area contributed by atoms with Crippen LogP contribution >= 0.6 is 0 Å². The minimum atomic E-state index is -4.36. The highest BCUT2D eigenvalue weighted by molar-refractivity contribution is 5.36. The maximum atomic E-state index is 13.2. The van der Waals surface area contributed by atoms with Crippen LogP contribution in [0.1, 0.15) is 51.2 Å². The molecule has 21 heavy (non-hydrogen) atoms. The molecule has 3 unspecified atom stereocenters. The maximum absolute atomic E-state index is 13.2. The summed E-state index contributed by atoms with van der Waals surface area (Å²) in [6.45, 7) is 5.72. The summed E-state index contributed by atoms with van der Waals surface area (Å²) in [7, 11) is 0. The second-order valence-corrected chi connectivity index (χ2v) is 6.86. The van der Waals surface area contributed by atoms with E-state index in [0.29, 0.717) is 12.3 Å². The smallest absolute Gasteiger partial charge is 0.393 e. The van der Waals surface area contributed by atoms with Crippen molar-refractivity contribution in [3.8, 4) is 0 Å². The van der Waals surface area contributed by atoms with Crippen LogP contribution in [-0.2, 0) is 11.6 Å². The molecule has 4 heteroatoms. The van der Waals surface area contributed by atoms with Gasteiger partial charge in [0.25, 0.3) is 0 Å². The molecule has 1 aromatic carbocycles. The average molecular weight is 300 g/mol. The quantitative estimate of drug-likeness (QED) is 0.833. The Hall–Kier alpha value is -1.03. The van der Waals surface area contributed by atoms with E-state index in [9.17, 15) is 18.3 Å². The van der Waals surface area contributed by atoms with Gasteiger partial charge >= 0.3 is 6.18 Å². The van der Waals surface area contributed by atoms with E-state index in [-0.39, 0.29) is 11.5 Å². The van der Waals surface area contributed by atoms with Crippen molar-refractivity contribution in [3.05, 3.63) is 35.4 Å². The van der Waals surface area contributed by atoms with Gasteiger partial charge in [-0.2, -0.15) is 13.2 Å². The summed E-state index contributed by atoms with van der Waals surface area (Å²) < 4.78 is 39.7. The predicted molar refractivity (Wildman–Crippen MR) is 77.0 cm³/mol. The maximum Gasteiger partial charge on any atom is 0.416 e. The van der Waals surface area contributed by atoms with Gasteiger partial charge in [0.05, 0.1) is 11.7 Å². The van der Waals surface area contributed by atoms with E-state index in [2.05, 4.69) is 6.92 Å². The molecular weight excluding hydrogens is 277 g/mol. The monoisotopic (exact) mass is 300 g/mol. The van der Waals surface area contributed by atoms with E-state index in [0.717, 1.165) is 18.9 Å². The van der Waals surface area contributed by atoms with Gasteiger partial charge in [0.2, 0.25) is 0 Å². The van der Waals surface area contributed by atoms with Gasteiger partial charge in [0, 0.05) is 0 Å². The highest BCUT2D eigenvalue weighted by Gasteiger charge is 2.44. The lowest BCUT2D eigenvalue weighted by Gasteiger charge is -2.43. The second kappa shape index (κ2) is 5.64. The first-order valence-electron chi connectivity index (χ1n) is 7.48. The Morgan fingerprint density at radius 3 is 2.14 bits per heavy atom. The third kappa shape index (κ3) is 3.25. The highest BCUT2D eigenvalue weighted by Crippen LogP contribution is 2.46. The van der Waals surface area contributed by atoms with E-state index in [1.807, 2.05) is 13.8 Å². The zero-order valence-corrected chi connectivity index (χ0v) is 12.7. The van der Waals surface area contributed by atoms with E-state index in [4.69, 9.17) is 0 Å². The molecule has 0 heterocycles. The van der Waals surface area contributed by atoms with E-state index >= 15 is 0 Å². The molecule has 1 fully saturated rings. The van der Waals surface area contributed by atoms with Crippen LogP contribution in [0.25, 0.3) is 0 Å². The van der Waals surface area contributed by atoms with Crippen LogP contribution in [0.5, 0.6) is 0 Å². The third-order valence-corrected chi connectivity index (χ3v) is 4.93. The fourth-order valence-electron chi connectivity index (χ4n) is 3.68. The molecule has 1 nitrogen and oxygen atoms in total. The van der Waals surface area contributed by atoms with Gasteiger partial charge in [0.1, 0.15) is 0 Å². The van der Waals surface area contributed by atoms with Gasteiger partial charge < -0.3 is 5.11 Å². The number of aliphatic hydroxyl groups is 1. The lowest BCUT2D eigenvalue weighted by Crippen LogP contribution is -2.42. The van der Waals surface area contributed by atoms with Gasteiger partial charge in [-0.15, -0.1) is 0 Å². The zero-order chi connectivity index (χ0) is 15.8. The molecule has 0 aliphatic heterocycles. The Labute approximate surface area is 124 Å².